The SMILES string of the molecule is O=C(O)CC1CN(c2ccc(I)cc2[N+](=O)[O-])C1. The van der Waals surface area contributed by atoms with Crippen LogP contribution in [0.2, 0.25) is 0 Å². The Labute approximate surface area is 117 Å². The van der Waals surface area contributed by atoms with Crippen LogP contribution in [0.1, 0.15) is 6.42 Å². The molecule has 1 aromatic rings. The van der Waals surface area contributed by atoms with E-state index in [0.29, 0.717) is 18.8 Å². The number of benzene rings is 1. The minimum Gasteiger partial charge on any atom is -0.481 e. The Balaban J connectivity index is 2.11. The molecular weight excluding hydrogens is 351 g/mol. The van der Waals surface area contributed by atoms with E-state index < -0.39 is 10.9 Å². The molecule has 7 heteroatoms. The number of nitro benzene ring substituents is 1. The zero-order valence-corrected chi connectivity index (χ0v) is 11.5. The lowest BCUT2D eigenvalue weighted by atomic mass is 9.95. The predicted molar refractivity (Wildman–Crippen MR) is 73.8 cm³/mol. The lowest BCUT2D eigenvalue weighted by Gasteiger charge is -2.40. The molecule has 0 atom stereocenters. The summed E-state index contributed by atoms with van der Waals surface area (Å²) in [5.74, 6) is -0.738. The number of halogens is 1. The van der Waals surface area contributed by atoms with Crippen molar-refractivity contribution in [2.45, 2.75) is 6.42 Å². The molecule has 0 unspecified atom stereocenters. The first-order valence-electron chi connectivity index (χ1n) is 5.38. The van der Waals surface area contributed by atoms with Gasteiger partial charge in [0.25, 0.3) is 5.69 Å². The first-order valence-corrected chi connectivity index (χ1v) is 6.46. The summed E-state index contributed by atoms with van der Waals surface area (Å²) < 4.78 is 0.811. The largest absolute Gasteiger partial charge is 0.481 e. The lowest BCUT2D eigenvalue weighted by molar-refractivity contribution is -0.384. The number of carboxylic acid groups (broad SMARTS) is 1. The van der Waals surface area contributed by atoms with E-state index in [9.17, 15) is 14.9 Å². The predicted octanol–water partition coefficient (Wildman–Crippen LogP) is 2.11. The normalized spacial score (nSPS) is 15.3. The summed E-state index contributed by atoms with van der Waals surface area (Å²) >= 11 is 2.03. The van der Waals surface area contributed by atoms with Gasteiger partial charge in [0, 0.05) is 28.6 Å². The molecule has 1 heterocycles. The minimum absolute atomic E-state index is 0.0793. The maximum Gasteiger partial charge on any atom is 0.303 e. The summed E-state index contributed by atoms with van der Waals surface area (Å²) in [6.07, 6.45) is 0.120. The number of carboxylic acids is 1. The number of carbonyl (C=O) groups is 1. The van der Waals surface area contributed by atoms with Crippen molar-refractivity contribution in [1.82, 2.24) is 0 Å². The molecule has 1 aromatic carbocycles. The second-order valence-corrected chi connectivity index (χ2v) is 5.50. The molecule has 1 fully saturated rings. The topological polar surface area (TPSA) is 83.7 Å². The highest BCUT2D eigenvalue weighted by Crippen LogP contribution is 2.34. The van der Waals surface area contributed by atoms with Crippen LogP contribution in [0.5, 0.6) is 0 Å². The van der Waals surface area contributed by atoms with Gasteiger partial charge in [0.1, 0.15) is 5.69 Å². The maximum atomic E-state index is 11.0. The quantitative estimate of drug-likeness (QED) is 0.504. The number of hydrogen-bond donors (Lipinski definition) is 1. The average Bonchev–Trinajstić information content (AvgIpc) is 2.23. The molecular formula is C11H11IN2O4. The summed E-state index contributed by atoms with van der Waals surface area (Å²) in [6.45, 7) is 1.13. The Morgan fingerprint density at radius 3 is 2.78 bits per heavy atom. The summed E-state index contributed by atoms with van der Waals surface area (Å²) in [6, 6.07) is 5.06. The highest BCUT2D eigenvalue weighted by atomic mass is 127. The van der Waals surface area contributed by atoms with Crippen molar-refractivity contribution < 1.29 is 14.8 Å². The Bertz CT molecular complexity index is 500. The van der Waals surface area contributed by atoms with Crippen molar-refractivity contribution >= 4 is 39.9 Å². The van der Waals surface area contributed by atoms with Crippen LogP contribution in [0, 0.1) is 19.6 Å². The van der Waals surface area contributed by atoms with Gasteiger partial charge in [-0.05, 0) is 34.7 Å². The van der Waals surface area contributed by atoms with Gasteiger partial charge < -0.3 is 10.0 Å². The van der Waals surface area contributed by atoms with Crippen molar-refractivity contribution in [2.24, 2.45) is 5.92 Å². The van der Waals surface area contributed by atoms with Gasteiger partial charge in [-0.3, -0.25) is 14.9 Å². The first-order chi connectivity index (χ1) is 8.47. The van der Waals surface area contributed by atoms with E-state index in [0.717, 1.165) is 3.57 Å². The Morgan fingerprint density at radius 2 is 2.22 bits per heavy atom. The molecule has 0 aromatic heterocycles. The number of hydrogen-bond acceptors (Lipinski definition) is 4. The molecule has 0 bridgehead atoms. The minimum atomic E-state index is -0.822. The van der Waals surface area contributed by atoms with Crippen LogP contribution < -0.4 is 4.90 Å². The summed E-state index contributed by atoms with van der Waals surface area (Å²) in [5, 5.41) is 19.6. The van der Waals surface area contributed by atoms with Crippen LogP contribution in [0.3, 0.4) is 0 Å². The molecule has 0 aliphatic carbocycles. The van der Waals surface area contributed by atoms with Gasteiger partial charge in [-0.25, -0.2) is 0 Å². The van der Waals surface area contributed by atoms with Crippen molar-refractivity contribution in [1.29, 1.82) is 0 Å². The van der Waals surface area contributed by atoms with Crippen molar-refractivity contribution in [3.63, 3.8) is 0 Å². The summed E-state index contributed by atoms with van der Waals surface area (Å²) in [5.41, 5.74) is 0.651. The molecule has 1 N–H and O–H groups in total. The highest BCUT2D eigenvalue weighted by molar-refractivity contribution is 14.1. The molecule has 96 valence electrons. The standard InChI is InChI=1S/C11H11IN2O4/c12-8-1-2-9(10(4-8)14(17)18)13-5-7(6-13)3-11(15)16/h1-2,4,7H,3,5-6H2,(H,15,16). The molecule has 6 nitrogen and oxygen atoms in total. The fourth-order valence-electron chi connectivity index (χ4n) is 2.05. The van der Waals surface area contributed by atoms with E-state index in [-0.39, 0.29) is 18.0 Å². The zero-order chi connectivity index (χ0) is 13.3. The van der Waals surface area contributed by atoms with Crippen LogP contribution in [0.25, 0.3) is 0 Å². The number of rotatable bonds is 4. The van der Waals surface area contributed by atoms with Gasteiger partial charge in [-0.15, -0.1) is 0 Å². The Morgan fingerprint density at radius 1 is 1.56 bits per heavy atom. The van der Waals surface area contributed by atoms with E-state index in [1.165, 1.54) is 6.07 Å². The number of nitro groups is 1. The van der Waals surface area contributed by atoms with E-state index in [4.69, 9.17) is 5.11 Å². The van der Waals surface area contributed by atoms with Gasteiger partial charge in [0.15, 0.2) is 0 Å². The van der Waals surface area contributed by atoms with E-state index in [2.05, 4.69) is 0 Å². The second kappa shape index (κ2) is 5.09. The molecule has 2 rings (SSSR count). The fourth-order valence-corrected chi connectivity index (χ4v) is 2.53. The van der Waals surface area contributed by atoms with Gasteiger partial charge in [0.05, 0.1) is 11.3 Å². The third-order valence-electron chi connectivity index (χ3n) is 2.90. The van der Waals surface area contributed by atoms with E-state index in [1.54, 1.807) is 6.07 Å². The fraction of sp³-hybridized carbons (Fsp3) is 0.364. The van der Waals surface area contributed by atoms with E-state index >= 15 is 0 Å². The molecule has 1 saturated heterocycles. The second-order valence-electron chi connectivity index (χ2n) is 4.26. The first kappa shape index (κ1) is 13.1. The van der Waals surface area contributed by atoms with Crippen LogP contribution in [0.4, 0.5) is 11.4 Å². The van der Waals surface area contributed by atoms with E-state index in [1.807, 2.05) is 33.6 Å². The van der Waals surface area contributed by atoms with Crippen molar-refractivity contribution in [3.8, 4) is 0 Å². The van der Waals surface area contributed by atoms with Gasteiger partial charge >= 0.3 is 5.97 Å². The molecule has 18 heavy (non-hydrogen) atoms. The van der Waals surface area contributed by atoms with Crippen molar-refractivity contribution in [2.75, 3.05) is 18.0 Å². The molecule has 0 spiro atoms. The summed E-state index contributed by atoms with van der Waals surface area (Å²) in [4.78, 5) is 22.9. The highest BCUT2D eigenvalue weighted by Gasteiger charge is 2.32. The number of aliphatic carboxylic acids is 1. The molecule has 0 radical (unpaired) electrons. The average molecular weight is 362 g/mol. The smallest absolute Gasteiger partial charge is 0.303 e. The summed E-state index contributed by atoms with van der Waals surface area (Å²) in [7, 11) is 0. The van der Waals surface area contributed by atoms with Crippen LogP contribution in [-0.2, 0) is 4.79 Å². The molecule has 1 aliphatic rings. The van der Waals surface area contributed by atoms with Gasteiger partial charge in [-0.2, -0.15) is 0 Å². The molecule has 0 amide bonds. The van der Waals surface area contributed by atoms with Crippen LogP contribution in [-0.4, -0.2) is 29.1 Å². The Hall–Kier alpha value is -1.38. The Kier molecular flexibility index (Phi) is 3.69. The monoisotopic (exact) mass is 362 g/mol. The van der Waals surface area contributed by atoms with Gasteiger partial charge in [0.2, 0.25) is 0 Å². The third-order valence-corrected chi connectivity index (χ3v) is 3.57. The van der Waals surface area contributed by atoms with Gasteiger partial charge in [-0.1, -0.05) is 0 Å². The molecule has 1 aliphatic heterocycles. The maximum absolute atomic E-state index is 11.0. The zero-order valence-electron chi connectivity index (χ0n) is 9.38. The number of nitrogens with zero attached hydrogens (tertiary/aromatic N) is 2. The number of anilines is 1. The van der Waals surface area contributed by atoms with Crippen LogP contribution in [0.15, 0.2) is 18.2 Å². The van der Waals surface area contributed by atoms with Crippen LogP contribution >= 0.6 is 22.6 Å². The van der Waals surface area contributed by atoms with Crippen molar-refractivity contribution in [3.05, 3.63) is 31.9 Å². The lowest BCUT2D eigenvalue weighted by Crippen LogP contribution is -2.47. The third kappa shape index (κ3) is 2.71. The molecule has 0 saturated carbocycles.